The molecule has 1 aliphatic heterocycles. The lowest BCUT2D eigenvalue weighted by atomic mass is 9.96. The van der Waals surface area contributed by atoms with Crippen LogP contribution < -0.4 is 10.6 Å². The number of halogens is 1. The molecule has 5 nitrogen and oxygen atoms in total. The Morgan fingerprint density at radius 1 is 1.31 bits per heavy atom. The van der Waals surface area contributed by atoms with Gasteiger partial charge in [0.25, 0.3) is 0 Å². The molecule has 0 amide bonds. The maximum absolute atomic E-state index is 11.0. The fourth-order valence-corrected chi connectivity index (χ4v) is 4.14. The first-order valence-corrected chi connectivity index (χ1v) is 9.73. The van der Waals surface area contributed by atoms with E-state index in [1.807, 2.05) is 18.2 Å². The van der Waals surface area contributed by atoms with Gasteiger partial charge in [0.05, 0.1) is 6.54 Å². The van der Waals surface area contributed by atoms with Gasteiger partial charge in [0.2, 0.25) is 0 Å². The first-order chi connectivity index (χ1) is 12.2. The van der Waals surface area contributed by atoms with Crippen molar-refractivity contribution in [2.24, 2.45) is 4.99 Å². The normalized spacial score (nSPS) is 25.7. The molecule has 1 heterocycles. The molecule has 0 radical (unpaired) electrons. The summed E-state index contributed by atoms with van der Waals surface area (Å²) in [6.07, 6.45) is 4.21. The van der Waals surface area contributed by atoms with Gasteiger partial charge in [0.15, 0.2) is 5.96 Å². The van der Waals surface area contributed by atoms with E-state index in [0.29, 0.717) is 12.6 Å². The molecule has 0 bridgehead atoms. The number of likely N-dealkylation sites (N-methyl/N-ethyl adjacent to an activating group) is 1. The average molecular weight is 472 g/mol. The minimum atomic E-state index is -0.832. The molecule has 3 N–H and O–H groups in total. The molecule has 1 aromatic rings. The molecule has 1 fully saturated rings. The van der Waals surface area contributed by atoms with Crippen molar-refractivity contribution in [2.45, 2.75) is 51.2 Å². The lowest BCUT2D eigenvalue weighted by Crippen LogP contribution is -2.45. The molecule has 26 heavy (non-hydrogen) atoms. The van der Waals surface area contributed by atoms with Crippen molar-refractivity contribution in [3.8, 4) is 0 Å². The molecule has 2 atom stereocenters. The summed E-state index contributed by atoms with van der Waals surface area (Å²) in [5, 5.41) is 17.8. The largest absolute Gasteiger partial charge is 0.383 e. The Bertz CT molecular complexity index is 609. The number of benzene rings is 1. The van der Waals surface area contributed by atoms with Crippen LogP contribution in [-0.4, -0.2) is 54.7 Å². The third kappa shape index (κ3) is 4.89. The summed E-state index contributed by atoms with van der Waals surface area (Å²) in [5.41, 5.74) is 1.46. The minimum Gasteiger partial charge on any atom is -0.383 e. The second-order valence-electron chi connectivity index (χ2n) is 7.19. The standard InChI is InChI=1S/C20H32N4O.HI/c1-3-21-19(22-14-17-9-7-13-24(17)4-2)23-15-20(25)12-11-16-8-5-6-10-18(16)20;/h5-6,8,10,17,25H,3-4,7,9,11-15H2,1-2H3,(H2,21,22,23);1H. The van der Waals surface area contributed by atoms with E-state index in [-0.39, 0.29) is 24.0 Å². The van der Waals surface area contributed by atoms with Crippen LogP contribution in [0.25, 0.3) is 0 Å². The third-order valence-corrected chi connectivity index (χ3v) is 5.58. The Morgan fingerprint density at radius 3 is 2.88 bits per heavy atom. The highest BCUT2D eigenvalue weighted by Crippen LogP contribution is 2.36. The quantitative estimate of drug-likeness (QED) is 0.338. The molecule has 0 spiro atoms. The van der Waals surface area contributed by atoms with E-state index in [0.717, 1.165) is 44.0 Å². The van der Waals surface area contributed by atoms with Crippen LogP contribution in [0.5, 0.6) is 0 Å². The molecule has 0 saturated carbocycles. The Kier molecular flexibility index (Phi) is 8.16. The van der Waals surface area contributed by atoms with Crippen LogP contribution in [-0.2, 0) is 12.0 Å². The average Bonchev–Trinajstić information content (AvgIpc) is 3.23. The molecule has 1 saturated heterocycles. The third-order valence-electron chi connectivity index (χ3n) is 5.58. The van der Waals surface area contributed by atoms with Crippen molar-refractivity contribution < 1.29 is 5.11 Å². The van der Waals surface area contributed by atoms with E-state index in [2.05, 4.69) is 35.4 Å². The van der Waals surface area contributed by atoms with Gasteiger partial charge in [-0.3, -0.25) is 4.90 Å². The van der Waals surface area contributed by atoms with Crippen molar-refractivity contribution in [1.29, 1.82) is 0 Å². The van der Waals surface area contributed by atoms with Gasteiger partial charge in [-0.05, 0) is 56.8 Å². The Hall–Kier alpha value is -0.860. The molecule has 6 heteroatoms. The van der Waals surface area contributed by atoms with E-state index < -0.39 is 5.60 Å². The number of nitrogens with one attached hydrogen (secondary N) is 2. The topological polar surface area (TPSA) is 59.9 Å². The van der Waals surface area contributed by atoms with E-state index in [9.17, 15) is 5.11 Å². The van der Waals surface area contributed by atoms with Gasteiger partial charge in [-0.1, -0.05) is 31.2 Å². The van der Waals surface area contributed by atoms with Crippen molar-refractivity contribution in [2.75, 3.05) is 32.7 Å². The van der Waals surface area contributed by atoms with E-state index in [4.69, 9.17) is 4.99 Å². The van der Waals surface area contributed by atoms with Gasteiger partial charge >= 0.3 is 0 Å². The summed E-state index contributed by atoms with van der Waals surface area (Å²) in [6, 6.07) is 8.78. The molecular weight excluding hydrogens is 439 g/mol. The van der Waals surface area contributed by atoms with Crippen molar-refractivity contribution in [1.82, 2.24) is 15.5 Å². The van der Waals surface area contributed by atoms with E-state index in [1.165, 1.54) is 24.9 Å². The van der Waals surface area contributed by atoms with Gasteiger partial charge in [-0.25, -0.2) is 4.99 Å². The summed E-state index contributed by atoms with van der Waals surface area (Å²) in [4.78, 5) is 7.23. The monoisotopic (exact) mass is 472 g/mol. The second kappa shape index (κ2) is 9.90. The second-order valence-corrected chi connectivity index (χ2v) is 7.19. The summed E-state index contributed by atoms with van der Waals surface area (Å²) in [7, 11) is 0. The highest BCUT2D eigenvalue weighted by Gasteiger charge is 2.36. The smallest absolute Gasteiger partial charge is 0.191 e. The van der Waals surface area contributed by atoms with Crippen LogP contribution in [0.4, 0.5) is 0 Å². The van der Waals surface area contributed by atoms with Gasteiger partial charge in [-0.2, -0.15) is 0 Å². The molecule has 1 aliphatic carbocycles. The Labute approximate surface area is 174 Å². The summed E-state index contributed by atoms with van der Waals surface area (Å²) >= 11 is 0. The highest BCUT2D eigenvalue weighted by atomic mass is 127. The minimum absolute atomic E-state index is 0. The van der Waals surface area contributed by atoms with Gasteiger partial charge < -0.3 is 15.7 Å². The fourth-order valence-electron chi connectivity index (χ4n) is 4.14. The first kappa shape index (κ1) is 21.4. The number of guanidine groups is 1. The SMILES string of the molecule is CCNC(=NCC1(O)CCc2ccccc21)NCC1CCCN1CC.I. The number of aliphatic hydroxyl groups is 1. The molecule has 146 valence electrons. The zero-order valence-electron chi connectivity index (χ0n) is 16.0. The molecule has 1 aromatic carbocycles. The van der Waals surface area contributed by atoms with Crippen LogP contribution in [0, 0.1) is 0 Å². The molecule has 3 rings (SSSR count). The number of aryl methyl sites for hydroxylation is 1. The predicted molar refractivity (Wildman–Crippen MR) is 118 cm³/mol. The molecule has 0 aromatic heterocycles. The van der Waals surface area contributed by atoms with E-state index in [1.54, 1.807) is 0 Å². The maximum Gasteiger partial charge on any atom is 0.191 e. The van der Waals surface area contributed by atoms with Gasteiger partial charge in [-0.15, -0.1) is 24.0 Å². The van der Waals surface area contributed by atoms with E-state index >= 15 is 0 Å². The number of hydrogen-bond acceptors (Lipinski definition) is 3. The van der Waals surface area contributed by atoms with Crippen LogP contribution >= 0.6 is 24.0 Å². The Morgan fingerprint density at radius 2 is 2.12 bits per heavy atom. The lowest BCUT2D eigenvalue weighted by Gasteiger charge is -2.25. The highest BCUT2D eigenvalue weighted by molar-refractivity contribution is 14.0. The number of rotatable bonds is 6. The summed E-state index contributed by atoms with van der Waals surface area (Å²) in [6.45, 7) is 8.75. The molecule has 2 unspecified atom stereocenters. The number of fused-ring (bicyclic) bond motifs is 1. The molecular formula is C20H33IN4O. The fraction of sp³-hybridized carbons (Fsp3) is 0.650. The summed E-state index contributed by atoms with van der Waals surface area (Å²) < 4.78 is 0. The predicted octanol–water partition coefficient (Wildman–Crippen LogP) is 2.48. The zero-order valence-corrected chi connectivity index (χ0v) is 18.3. The van der Waals surface area contributed by atoms with Crippen LogP contribution in [0.15, 0.2) is 29.3 Å². The van der Waals surface area contributed by atoms with Crippen molar-refractivity contribution in [3.05, 3.63) is 35.4 Å². The zero-order chi connectivity index (χ0) is 17.7. The number of hydrogen-bond donors (Lipinski definition) is 3. The number of aliphatic imine (C=N–C) groups is 1. The summed E-state index contributed by atoms with van der Waals surface area (Å²) in [5.74, 6) is 0.809. The number of likely N-dealkylation sites (tertiary alicyclic amines) is 1. The van der Waals surface area contributed by atoms with Crippen LogP contribution in [0.1, 0.15) is 44.2 Å². The molecule has 2 aliphatic rings. The Balaban J connectivity index is 0.00000243. The van der Waals surface area contributed by atoms with Crippen LogP contribution in [0.3, 0.4) is 0 Å². The number of nitrogens with zero attached hydrogens (tertiary/aromatic N) is 2. The van der Waals surface area contributed by atoms with Crippen LogP contribution in [0.2, 0.25) is 0 Å². The van der Waals surface area contributed by atoms with Gasteiger partial charge in [0, 0.05) is 19.1 Å². The van der Waals surface area contributed by atoms with Gasteiger partial charge in [0.1, 0.15) is 5.60 Å². The van der Waals surface area contributed by atoms with Crippen molar-refractivity contribution in [3.63, 3.8) is 0 Å². The lowest BCUT2D eigenvalue weighted by molar-refractivity contribution is 0.0485. The van der Waals surface area contributed by atoms with Crippen molar-refractivity contribution >= 4 is 29.9 Å². The maximum atomic E-state index is 11.0. The first-order valence-electron chi connectivity index (χ1n) is 9.73.